The minimum absolute atomic E-state index is 0.556. The summed E-state index contributed by atoms with van der Waals surface area (Å²) in [6, 6.07) is 8.26. The van der Waals surface area contributed by atoms with Crippen molar-refractivity contribution in [1.29, 1.82) is 0 Å². The molecule has 21 heavy (non-hydrogen) atoms. The van der Waals surface area contributed by atoms with Gasteiger partial charge in [-0.1, -0.05) is 25.5 Å². The first kappa shape index (κ1) is 14.6. The second-order valence-corrected chi connectivity index (χ2v) is 6.51. The molecular weight excluding hydrogens is 260 g/mol. The van der Waals surface area contributed by atoms with Crippen LogP contribution in [0.25, 0.3) is 11.0 Å². The molecule has 1 aliphatic carbocycles. The highest BCUT2D eigenvalue weighted by atomic mass is 16.3. The average Bonchev–Trinajstić information content (AvgIpc) is 2.84. The van der Waals surface area contributed by atoms with Crippen LogP contribution < -0.4 is 0 Å². The van der Waals surface area contributed by atoms with Crippen molar-refractivity contribution in [3.8, 4) is 0 Å². The molecule has 0 atom stereocenters. The summed E-state index contributed by atoms with van der Waals surface area (Å²) in [6.07, 6.45) is 6.06. The molecule has 0 aliphatic heterocycles. The summed E-state index contributed by atoms with van der Waals surface area (Å²) < 4.78 is 2.25. The summed E-state index contributed by atoms with van der Waals surface area (Å²) in [5.41, 5.74) is 1.67. The Labute approximate surface area is 127 Å². The van der Waals surface area contributed by atoms with E-state index in [2.05, 4.69) is 36.6 Å². The Morgan fingerprint density at radius 1 is 1.24 bits per heavy atom. The van der Waals surface area contributed by atoms with E-state index in [0.717, 1.165) is 49.5 Å². The first-order valence-corrected chi connectivity index (χ1v) is 8.31. The van der Waals surface area contributed by atoms with Crippen molar-refractivity contribution < 1.29 is 5.11 Å². The topological polar surface area (TPSA) is 38.1 Å². The molecule has 3 heteroatoms. The highest BCUT2D eigenvalue weighted by Gasteiger charge is 2.34. The maximum atomic E-state index is 10.9. The van der Waals surface area contributed by atoms with E-state index in [0.29, 0.717) is 6.42 Å². The molecule has 1 N–H and O–H groups in total. The van der Waals surface area contributed by atoms with Gasteiger partial charge in [-0.2, -0.15) is 0 Å². The Balaban J connectivity index is 1.84. The number of rotatable bonds is 4. The fourth-order valence-electron chi connectivity index (χ4n) is 3.71. The van der Waals surface area contributed by atoms with E-state index in [9.17, 15) is 5.11 Å². The van der Waals surface area contributed by atoms with Gasteiger partial charge in [-0.05, 0) is 50.7 Å². The standard InChI is InChI=1S/C18H26N2O/c1-3-14-9-11-18(21,12-10-14)13-17-19-15-7-5-6-8-16(15)20(17)4-2/h5-8,14,21H,3-4,9-13H2,1-2H3. The van der Waals surface area contributed by atoms with E-state index in [1.165, 1.54) is 11.9 Å². The summed E-state index contributed by atoms with van der Waals surface area (Å²) in [6.45, 7) is 5.31. The number of benzene rings is 1. The molecule has 1 aliphatic rings. The Hall–Kier alpha value is -1.35. The second kappa shape index (κ2) is 5.80. The third kappa shape index (κ3) is 2.84. The number of hydrogen-bond donors (Lipinski definition) is 1. The number of aryl methyl sites for hydroxylation is 1. The van der Waals surface area contributed by atoms with Crippen molar-refractivity contribution in [1.82, 2.24) is 9.55 Å². The minimum Gasteiger partial charge on any atom is -0.389 e. The number of aromatic nitrogens is 2. The smallest absolute Gasteiger partial charge is 0.112 e. The molecule has 114 valence electrons. The van der Waals surface area contributed by atoms with Crippen LogP contribution in [0, 0.1) is 5.92 Å². The van der Waals surface area contributed by atoms with Gasteiger partial charge >= 0.3 is 0 Å². The summed E-state index contributed by atoms with van der Waals surface area (Å²) in [4.78, 5) is 4.76. The molecule has 1 heterocycles. The van der Waals surface area contributed by atoms with E-state index in [1.807, 2.05) is 6.07 Å². The van der Waals surface area contributed by atoms with E-state index in [1.54, 1.807) is 0 Å². The van der Waals surface area contributed by atoms with E-state index in [-0.39, 0.29) is 0 Å². The van der Waals surface area contributed by atoms with Crippen LogP contribution in [-0.2, 0) is 13.0 Å². The zero-order valence-corrected chi connectivity index (χ0v) is 13.2. The van der Waals surface area contributed by atoms with Gasteiger partial charge in [-0.25, -0.2) is 4.98 Å². The molecule has 2 aromatic rings. The lowest BCUT2D eigenvalue weighted by Gasteiger charge is -2.35. The SMILES string of the molecule is CCC1CCC(O)(Cc2nc3ccccc3n2CC)CC1. The largest absolute Gasteiger partial charge is 0.389 e. The zero-order valence-electron chi connectivity index (χ0n) is 13.2. The number of fused-ring (bicyclic) bond motifs is 1. The van der Waals surface area contributed by atoms with E-state index < -0.39 is 5.60 Å². The molecule has 0 amide bonds. The van der Waals surface area contributed by atoms with E-state index >= 15 is 0 Å². The zero-order chi connectivity index (χ0) is 14.9. The third-order valence-electron chi connectivity index (χ3n) is 5.15. The van der Waals surface area contributed by atoms with Crippen LogP contribution in [0.5, 0.6) is 0 Å². The highest BCUT2D eigenvalue weighted by molar-refractivity contribution is 5.75. The van der Waals surface area contributed by atoms with Crippen LogP contribution in [0.1, 0.15) is 51.8 Å². The maximum Gasteiger partial charge on any atom is 0.112 e. The van der Waals surface area contributed by atoms with E-state index in [4.69, 9.17) is 4.98 Å². The van der Waals surface area contributed by atoms with Gasteiger partial charge in [0.2, 0.25) is 0 Å². The summed E-state index contributed by atoms with van der Waals surface area (Å²) in [7, 11) is 0. The van der Waals surface area contributed by atoms with Gasteiger partial charge in [0.05, 0.1) is 16.6 Å². The maximum absolute atomic E-state index is 10.9. The summed E-state index contributed by atoms with van der Waals surface area (Å²) in [5.74, 6) is 1.84. The van der Waals surface area contributed by atoms with Crippen LogP contribution in [0.3, 0.4) is 0 Å². The molecule has 0 spiro atoms. The van der Waals surface area contributed by atoms with Crippen molar-refractivity contribution in [3.05, 3.63) is 30.1 Å². The summed E-state index contributed by atoms with van der Waals surface area (Å²) >= 11 is 0. The van der Waals surface area contributed by atoms with Crippen molar-refractivity contribution in [3.63, 3.8) is 0 Å². The van der Waals surface area contributed by atoms with Crippen molar-refractivity contribution >= 4 is 11.0 Å². The molecule has 0 radical (unpaired) electrons. The molecular formula is C18H26N2O. The van der Waals surface area contributed by atoms with Crippen molar-refractivity contribution in [2.45, 2.75) is 64.5 Å². The third-order valence-corrected chi connectivity index (χ3v) is 5.15. The molecule has 1 fully saturated rings. The van der Waals surface area contributed by atoms with Crippen molar-refractivity contribution in [2.75, 3.05) is 0 Å². The Morgan fingerprint density at radius 2 is 1.95 bits per heavy atom. The lowest BCUT2D eigenvalue weighted by molar-refractivity contribution is -0.0113. The lowest BCUT2D eigenvalue weighted by Crippen LogP contribution is -2.37. The van der Waals surface area contributed by atoms with Crippen LogP contribution in [-0.4, -0.2) is 20.3 Å². The predicted molar refractivity (Wildman–Crippen MR) is 86.3 cm³/mol. The minimum atomic E-state index is -0.556. The normalized spacial score (nSPS) is 26.3. The van der Waals surface area contributed by atoms with Crippen LogP contribution in [0.15, 0.2) is 24.3 Å². The molecule has 0 unspecified atom stereocenters. The second-order valence-electron chi connectivity index (χ2n) is 6.51. The first-order chi connectivity index (χ1) is 10.1. The van der Waals surface area contributed by atoms with Gasteiger partial charge in [0.1, 0.15) is 5.82 Å². The number of nitrogens with zero attached hydrogens (tertiary/aromatic N) is 2. The molecule has 3 nitrogen and oxygen atoms in total. The fraction of sp³-hybridized carbons (Fsp3) is 0.611. The van der Waals surface area contributed by atoms with Gasteiger partial charge in [0.25, 0.3) is 0 Å². The van der Waals surface area contributed by atoms with Gasteiger partial charge in [0, 0.05) is 13.0 Å². The number of para-hydroxylation sites is 2. The summed E-state index contributed by atoms with van der Waals surface area (Å²) in [5, 5.41) is 10.9. The number of hydrogen-bond acceptors (Lipinski definition) is 2. The molecule has 1 aromatic carbocycles. The number of aliphatic hydroxyl groups is 1. The molecule has 0 bridgehead atoms. The van der Waals surface area contributed by atoms with Gasteiger partial charge in [-0.3, -0.25) is 0 Å². The quantitative estimate of drug-likeness (QED) is 0.924. The Kier molecular flexibility index (Phi) is 4.03. The van der Waals surface area contributed by atoms with Crippen molar-refractivity contribution in [2.24, 2.45) is 5.92 Å². The number of imidazole rings is 1. The fourth-order valence-corrected chi connectivity index (χ4v) is 3.71. The predicted octanol–water partition coefficient (Wildman–Crippen LogP) is 3.93. The Morgan fingerprint density at radius 3 is 2.62 bits per heavy atom. The van der Waals surface area contributed by atoms with Crippen LogP contribution in [0.4, 0.5) is 0 Å². The lowest BCUT2D eigenvalue weighted by atomic mass is 9.76. The van der Waals surface area contributed by atoms with Gasteiger partial charge < -0.3 is 9.67 Å². The monoisotopic (exact) mass is 286 g/mol. The first-order valence-electron chi connectivity index (χ1n) is 8.31. The molecule has 0 saturated heterocycles. The van der Waals surface area contributed by atoms with Crippen LogP contribution in [0.2, 0.25) is 0 Å². The van der Waals surface area contributed by atoms with Gasteiger partial charge in [0.15, 0.2) is 0 Å². The molecule has 1 saturated carbocycles. The van der Waals surface area contributed by atoms with Crippen LogP contribution >= 0.6 is 0 Å². The molecule has 1 aromatic heterocycles. The highest BCUT2D eigenvalue weighted by Crippen LogP contribution is 2.36. The Bertz CT molecular complexity index is 609. The average molecular weight is 286 g/mol. The molecule has 3 rings (SSSR count). The van der Waals surface area contributed by atoms with Gasteiger partial charge in [-0.15, -0.1) is 0 Å².